The first kappa shape index (κ1) is 15.4. The summed E-state index contributed by atoms with van der Waals surface area (Å²) in [5.74, 6) is -1.72. The van der Waals surface area contributed by atoms with Gasteiger partial charge in [0.25, 0.3) is 0 Å². The fourth-order valence-corrected chi connectivity index (χ4v) is 1.74. The normalized spacial score (nSPS) is 11.7. The van der Waals surface area contributed by atoms with Crippen LogP contribution in [0.4, 0.5) is 14.9 Å². The number of aliphatic carboxylic acids is 1. The Balaban J connectivity index is 2.66. The predicted octanol–water partition coefficient (Wildman–Crippen LogP) is 1.55. The van der Waals surface area contributed by atoms with Crippen molar-refractivity contribution in [1.29, 1.82) is 0 Å². The highest BCUT2D eigenvalue weighted by Crippen LogP contribution is 2.22. The second-order valence-corrected chi connectivity index (χ2v) is 4.48. The highest BCUT2D eigenvalue weighted by molar-refractivity contribution is 9.10. The van der Waals surface area contributed by atoms with Crippen molar-refractivity contribution >= 4 is 33.6 Å². The van der Waals surface area contributed by atoms with Gasteiger partial charge in [0, 0.05) is 17.5 Å². The first-order valence-corrected chi connectivity index (χ1v) is 6.09. The minimum atomic E-state index is -1.25. The van der Waals surface area contributed by atoms with E-state index < -0.39 is 23.9 Å². The number of halogens is 2. The zero-order chi connectivity index (χ0) is 14.4. The first-order chi connectivity index (χ1) is 8.93. The summed E-state index contributed by atoms with van der Waals surface area (Å²) in [5.41, 5.74) is 0.298. The Morgan fingerprint density at radius 3 is 2.63 bits per heavy atom. The van der Waals surface area contributed by atoms with E-state index in [4.69, 9.17) is 10.2 Å². The third kappa shape index (κ3) is 4.84. The van der Waals surface area contributed by atoms with Gasteiger partial charge in [-0.05, 0) is 34.1 Å². The van der Waals surface area contributed by atoms with Crippen LogP contribution in [-0.2, 0) is 4.79 Å². The van der Waals surface area contributed by atoms with Crippen molar-refractivity contribution in [2.24, 2.45) is 0 Å². The van der Waals surface area contributed by atoms with E-state index in [-0.39, 0.29) is 13.0 Å². The molecule has 1 rings (SSSR count). The highest BCUT2D eigenvalue weighted by atomic mass is 79.9. The molecule has 0 aliphatic carbocycles. The number of amides is 2. The summed E-state index contributed by atoms with van der Waals surface area (Å²) in [5, 5.41) is 22.0. The molecule has 0 fully saturated rings. The summed E-state index contributed by atoms with van der Waals surface area (Å²) >= 11 is 3.06. The van der Waals surface area contributed by atoms with Crippen LogP contribution in [0, 0.1) is 5.82 Å². The lowest BCUT2D eigenvalue weighted by Gasteiger charge is -2.14. The van der Waals surface area contributed by atoms with Gasteiger partial charge in [0.1, 0.15) is 11.9 Å². The third-order valence-electron chi connectivity index (χ3n) is 2.20. The Labute approximate surface area is 116 Å². The molecule has 0 saturated heterocycles. The van der Waals surface area contributed by atoms with E-state index in [2.05, 4.69) is 26.6 Å². The monoisotopic (exact) mass is 334 g/mol. The largest absolute Gasteiger partial charge is 0.480 e. The van der Waals surface area contributed by atoms with Gasteiger partial charge in [-0.1, -0.05) is 0 Å². The molecule has 6 nitrogen and oxygen atoms in total. The van der Waals surface area contributed by atoms with Gasteiger partial charge in [0.05, 0.1) is 5.69 Å². The molecular weight excluding hydrogens is 323 g/mol. The Hall–Kier alpha value is -1.67. The number of rotatable bonds is 5. The molecule has 0 aromatic heterocycles. The zero-order valence-corrected chi connectivity index (χ0v) is 11.3. The van der Waals surface area contributed by atoms with Crippen LogP contribution in [0.25, 0.3) is 0 Å². The molecule has 0 heterocycles. The summed E-state index contributed by atoms with van der Waals surface area (Å²) in [6, 6.07) is 1.71. The van der Waals surface area contributed by atoms with Crippen molar-refractivity contribution in [3.05, 3.63) is 28.5 Å². The van der Waals surface area contributed by atoms with Gasteiger partial charge >= 0.3 is 12.0 Å². The summed E-state index contributed by atoms with van der Waals surface area (Å²) < 4.78 is 13.2. The summed E-state index contributed by atoms with van der Waals surface area (Å²) in [7, 11) is 0. The summed E-state index contributed by atoms with van der Waals surface area (Å²) in [4.78, 5) is 22.3. The number of urea groups is 1. The average molecular weight is 335 g/mol. The van der Waals surface area contributed by atoms with Crippen LogP contribution in [0.5, 0.6) is 0 Å². The second-order valence-electron chi connectivity index (χ2n) is 3.63. The molecule has 0 bridgehead atoms. The number of anilines is 1. The maximum Gasteiger partial charge on any atom is 0.326 e. The van der Waals surface area contributed by atoms with Crippen LogP contribution in [0.1, 0.15) is 6.42 Å². The van der Waals surface area contributed by atoms with Crippen molar-refractivity contribution in [2.75, 3.05) is 11.9 Å². The number of aliphatic hydroxyl groups excluding tert-OH is 1. The van der Waals surface area contributed by atoms with E-state index >= 15 is 0 Å². The molecule has 0 spiro atoms. The number of carbonyl (C=O) groups is 2. The van der Waals surface area contributed by atoms with E-state index in [1.54, 1.807) is 0 Å². The van der Waals surface area contributed by atoms with Crippen LogP contribution in [0.2, 0.25) is 0 Å². The van der Waals surface area contributed by atoms with E-state index in [0.29, 0.717) is 10.2 Å². The molecular formula is C11H12BrFN2O4. The van der Waals surface area contributed by atoms with Crippen LogP contribution < -0.4 is 10.6 Å². The van der Waals surface area contributed by atoms with Crippen molar-refractivity contribution in [1.82, 2.24) is 5.32 Å². The molecule has 0 saturated carbocycles. The minimum absolute atomic E-state index is 0.104. The molecule has 0 unspecified atom stereocenters. The first-order valence-electron chi connectivity index (χ1n) is 5.30. The highest BCUT2D eigenvalue weighted by Gasteiger charge is 2.19. The van der Waals surface area contributed by atoms with Gasteiger partial charge < -0.3 is 20.8 Å². The molecule has 0 aliphatic heterocycles. The Morgan fingerprint density at radius 1 is 1.42 bits per heavy atom. The summed E-state index contributed by atoms with van der Waals surface area (Å²) in [6.45, 7) is -0.364. The van der Waals surface area contributed by atoms with Gasteiger partial charge in [0.15, 0.2) is 0 Å². The third-order valence-corrected chi connectivity index (χ3v) is 2.86. The fourth-order valence-electron chi connectivity index (χ4n) is 1.29. The molecule has 19 heavy (non-hydrogen) atoms. The zero-order valence-electron chi connectivity index (χ0n) is 9.69. The average Bonchev–Trinajstić information content (AvgIpc) is 2.32. The van der Waals surface area contributed by atoms with Crippen molar-refractivity contribution < 1.29 is 24.2 Å². The number of aliphatic hydroxyl groups is 1. The van der Waals surface area contributed by atoms with Crippen molar-refractivity contribution in [3.63, 3.8) is 0 Å². The maximum absolute atomic E-state index is 12.8. The fraction of sp³-hybridized carbons (Fsp3) is 0.273. The smallest absolute Gasteiger partial charge is 0.326 e. The number of benzene rings is 1. The lowest BCUT2D eigenvalue weighted by atomic mass is 10.2. The van der Waals surface area contributed by atoms with Crippen LogP contribution in [-0.4, -0.2) is 34.9 Å². The number of nitrogens with one attached hydrogen (secondary N) is 2. The van der Waals surface area contributed by atoms with Gasteiger partial charge in [-0.2, -0.15) is 0 Å². The Bertz CT molecular complexity index is 484. The Morgan fingerprint density at radius 2 is 2.11 bits per heavy atom. The van der Waals surface area contributed by atoms with Gasteiger partial charge in [0.2, 0.25) is 0 Å². The molecule has 0 aliphatic rings. The van der Waals surface area contributed by atoms with Gasteiger partial charge in [-0.25, -0.2) is 14.0 Å². The van der Waals surface area contributed by atoms with E-state index in [1.807, 2.05) is 0 Å². The molecule has 1 aromatic carbocycles. The standard InChI is InChI=1S/C11H12BrFN2O4/c12-7-5-6(13)1-2-8(7)14-11(19)15-9(3-4-16)10(17)18/h1-2,5,9,16H,3-4H2,(H,17,18)(H2,14,15,19)/t9-/m0/s1. The topological polar surface area (TPSA) is 98.7 Å². The number of carboxylic acids is 1. The molecule has 2 amide bonds. The van der Waals surface area contributed by atoms with Gasteiger partial charge in [-0.3, -0.25) is 0 Å². The second kappa shape index (κ2) is 7.05. The van der Waals surface area contributed by atoms with Crippen LogP contribution in [0.15, 0.2) is 22.7 Å². The molecule has 104 valence electrons. The van der Waals surface area contributed by atoms with Crippen molar-refractivity contribution in [3.8, 4) is 0 Å². The molecule has 8 heteroatoms. The molecule has 1 atom stereocenters. The van der Waals surface area contributed by atoms with E-state index in [9.17, 15) is 14.0 Å². The van der Waals surface area contributed by atoms with Crippen molar-refractivity contribution in [2.45, 2.75) is 12.5 Å². The minimum Gasteiger partial charge on any atom is -0.480 e. The maximum atomic E-state index is 12.8. The number of carboxylic acid groups (broad SMARTS) is 1. The molecule has 1 aromatic rings. The number of carbonyl (C=O) groups excluding carboxylic acids is 1. The van der Waals surface area contributed by atoms with Crippen LogP contribution >= 0.6 is 15.9 Å². The quantitative estimate of drug-likeness (QED) is 0.656. The SMILES string of the molecule is O=C(Nc1ccc(F)cc1Br)N[C@@H](CCO)C(=O)O. The van der Waals surface area contributed by atoms with Crippen LogP contribution in [0.3, 0.4) is 0 Å². The lowest BCUT2D eigenvalue weighted by Crippen LogP contribution is -2.43. The number of hydrogen-bond donors (Lipinski definition) is 4. The summed E-state index contributed by atoms with van der Waals surface area (Å²) in [6.07, 6.45) is -0.104. The Kier molecular flexibility index (Phi) is 5.71. The number of hydrogen-bond acceptors (Lipinski definition) is 3. The van der Waals surface area contributed by atoms with Gasteiger partial charge in [-0.15, -0.1) is 0 Å². The van der Waals surface area contributed by atoms with E-state index in [1.165, 1.54) is 6.07 Å². The molecule has 0 radical (unpaired) electrons. The van der Waals surface area contributed by atoms with E-state index in [0.717, 1.165) is 12.1 Å². The lowest BCUT2D eigenvalue weighted by molar-refractivity contribution is -0.139. The predicted molar refractivity (Wildman–Crippen MR) is 69.4 cm³/mol. The molecule has 4 N–H and O–H groups in total.